The normalized spacial score (nSPS) is 11.0. The predicted octanol–water partition coefficient (Wildman–Crippen LogP) is 4.26. The lowest BCUT2D eigenvalue weighted by atomic mass is 10.1. The molecule has 0 aliphatic carbocycles. The molecule has 0 saturated carbocycles. The van der Waals surface area contributed by atoms with Crippen LogP contribution in [0.15, 0.2) is 48.5 Å². The van der Waals surface area contributed by atoms with Crippen molar-refractivity contribution >= 4 is 6.29 Å². The van der Waals surface area contributed by atoms with Crippen LogP contribution in [0.2, 0.25) is 0 Å². The van der Waals surface area contributed by atoms with Crippen LogP contribution in [0.25, 0.3) is 0 Å². The van der Waals surface area contributed by atoms with Crippen LogP contribution in [0.5, 0.6) is 11.5 Å². The Balaban J connectivity index is 2.19. The van der Waals surface area contributed by atoms with E-state index in [-0.39, 0.29) is 5.60 Å². The Morgan fingerprint density at radius 2 is 1.71 bits per heavy atom. The first-order chi connectivity index (χ1) is 9.98. The molecular formula is C18H20O3. The third kappa shape index (κ3) is 4.63. The molecule has 0 bridgehead atoms. The highest BCUT2D eigenvalue weighted by Crippen LogP contribution is 2.31. The van der Waals surface area contributed by atoms with E-state index < -0.39 is 0 Å². The summed E-state index contributed by atoms with van der Waals surface area (Å²) in [5.41, 5.74) is 1.30. The summed E-state index contributed by atoms with van der Waals surface area (Å²) in [5, 5.41) is 0. The molecule has 3 heteroatoms. The van der Waals surface area contributed by atoms with Gasteiger partial charge in [0.2, 0.25) is 0 Å². The number of hydrogen-bond acceptors (Lipinski definition) is 3. The van der Waals surface area contributed by atoms with E-state index in [9.17, 15) is 4.79 Å². The quantitative estimate of drug-likeness (QED) is 0.770. The molecule has 110 valence electrons. The highest BCUT2D eigenvalue weighted by atomic mass is 16.5. The smallest absolute Gasteiger partial charge is 0.162 e. The highest BCUT2D eigenvalue weighted by molar-refractivity contribution is 5.76. The molecule has 0 fully saturated rings. The van der Waals surface area contributed by atoms with Gasteiger partial charge in [0.25, 0.3) is 0 Å². The minimum atomic E-state index is -0.355. The maximum absolute atomic E-state index is 10.9. The molecular weight excluding hydrogens is 264 g/mol. The molecule has 0 saturated heterocycles. The van der Waals surface area contributed by atoms with Gasteiger partial charge >= 0.3 is 0 Å². The summed E-state index contributed by atoms with van der Waals surface area (Å²) in [6, 6.07) is 15.1. The molecule has 0 spiro atoms. The third-order valence-corrected chi connectivity index (χ3v) is 2.76. The summed E-state index contributed by atoms with van der Waals surface area (Å²) in [6.07, 6.45) is 0.802. The van der Waals surface area contributed by atoms with Gasteiger partial charge in [-0.15, -0.1) is 0 Å². The van der Waals surface area contributed by atoms with E-state index in [1.54, 1.807) is 18.2 Å². The second-order valence-electron chi connectivity index (χ2n) is 5.81. The Labute approximate surface area is 125 Å². The molecule has 3 nitrogen and oxygen atoms in total. The van der Waals surface area contributed by atoms with E-state index in [0.717, 1.165) is 11.8 Å². The summed E-state index contributed by atoms with van der Waals surface area (Å²) < 4.78 is 11.7. The zero-order chi connectivity index (χ0) is 15.3. The van der Waals surface area contributed by atoms with Crippen molar-refractivity contribution < 1.29 is 14.3 Å². The SMILES string of the molecule is CC(C)(C)Oc1cc(C=O)ccc1OCc1ccccc1. The summed E-state index contributed by atoms with van der Waals surface area (Å²) in [5.74, 6) is 1.22. The Bertz CT molecular complexity index is 598. The van der Waals surface area contributed by atoms with Gasteiger partial charge in [-0.1, -0.05) is 30.3 Å². The molecule has 0 amide bonds. The number of benzene rings is 2. The first-order valence-corrected chi connectivity index (χ1v) is 6.93. The Hall–Kier alpha value is -2.29. The van der Waals surface area contributed by atoms with Crippen molar-refractivity contribution in [1.29, 1.82) is 0 Å². The van der Waals surface area contributed by atoms with Gasteiger partial charge < -0.3 is 9.47 Å². The van der Waals surface area contributed by atoms with Crippen LogP contribution < -0.4 is 9.47 Å². The van der Waals surface area contributed by atoms with E-state index >= 15 is 0 Å². The number of carbonyl (C=O) groups is 1. The largest absolute Gasteiger partial charge is 0.485 e. The molecule has 2 rings (SSSR count). The van der Waals surface area contributed by atoms with Crippen molar-refractivity contribution in [1.82, 2.24) is 0 Å². The predicted molar refractivity (Wildman–Crippen MR) is 83.0 cm³/mol. The molecule has 0 radical (unpaired) electrons. The highest BCUT2D eigenvalue weighted by Gasteiger charge is 2.16. The molecule has 2 aromatic carbocycles. The molecule has 0 atom stereocenters. The molecule has 0 heterocycles. The number of ether oxygens (including phenoxy) is 2. The van der Waals surface area contributed by atoms with Crippen molar-refractivity contribution in [2.45, 2.75) is 33.0 Å². The Morgan fingerprint density at radius 1 is 1.00 bits per heavy atom. The van der Waals surface area contributed by atoms with Crippen molar-refractivity contribution in [3.8, 4) is 11.5 Å². The Kier molecular flexibility index (Phi) is 4.63. The monoisotopic (exact) mass is 284 g/mol. The summed E-state index contributed by atoms with van der Waals surface area (Å²) >= 11 is 0. The number of rotatable bonds is 5. The average Bonchev–Trinajstić information content (AvgIpc) is 2.45. The van der Waals surface area contributed by atoms with Gasteiger partial charge in [-0.25, -0.2) is 0 Å². The van der Waals surface area contributed by atoms with E-state index in [4.69, 9.17) is 9.47 Å². The molecule has 2 aromatic rings. The van der Waals surface area contributed by atoms with Crippen LogP contribution in [0.4, 0.5) is 0 Å². The lowest BCUT2D eigenvalue weighted by Gasteiger charge is -2.23. The minimum Gasteiger partial charge on any atom is -0.485 e. The first-order valence-electron chi connectivity index (χ1n) is 6.93. The summed E-state index contributed by atoms with van der Waals surface area (Å²) in [7, 11) is 0. The molecule has 0 unspecified atom stereocenters. The number of hydrogen-bond donors (Lipinski definition) is 0. The fourth-order valence-electron chi connectivity index (χ4n) is 1.86. The number of carbonyl (C=O) groups excluding carboxylic acids is 1. The van der Waals surface area contributed by atoms with Crippen LogP contribution >= 0.6 is 0 Å². The van der Waals surface area contributed by atoms with Crippen molar-refractivity contribution in [2.75, 3.05) is 0 Å². The van der Waals surface area contributed by atoms with E-state index in [1.807, 2.05) is 51.1 Å². The van der Waals surface area contributed by atoms with Gasteiger partial charge in [-0.3, -0.25) is 4.79 Å². The van der Waals surface area contributed by atoms with Crippen LogP contribution in [0, 0.1) is 0 Å². The second kappa shape index (κ2) is 6.44. The van der Waals surface area contributed by atoms with Crippen LogP contribution in [0.1, 0.15) is 36.7 Å². The van der Waals surface area contributed by atoms with E-state index in [0.29, 0.717) is 23.7 Å². The maximum atomic E-state index is 10.9. The standard InChI is InChI=1S/C18H20O3/c1-18(2,3)21-17-11-15(12-19)9-10-16(17)20-13-14-7-5-4-6-8-14/h4-12H,13H2,1-3H3. The zero-order valence-electron chi connectivity index (χ0n) is 12.6. The fraction of sp³-hybridized carbons (Fsp3) is 0.278. The van der Waals surface area contributed by atoms with Gasteiger partial charge in [-0.05, 0) is 44.5 Å². The Morgan fingerprint density at radius 3 is 2.33 bits per heavy atom. The minimum absolute atomic E-state index is 0.355. The zero-order valence-corrected chi connectivity index (χ0v) is 12.6. The van der Waals surface area contributed by atoms with Crippen LogP contribution in [-0.2, 0) is 6.61 Å². The number of aldehydes is 1. The lowest BCUT2D eigenvalue weighted by molar-refractivity contribution is 0.111. The first kappa shape index (κ1) is 15.1. The van der Waals surface area contributed by atoms with Crippen molar-refractivity contribution in [2.24, 2.45) is 0 Å². The summed E-state index contributed by atoms with van der Waals surface area (Å²) in [4.78, 5) is 10.9. The fourth-order valence-corrected chi connectivity index (χ4v) is 1.86. The molecule has 0 aromatic heterocycles. The van der Waals surface area contributed by atoms with Crippen LogP contribution in [0.3, 0.4) is 0 Å². The summed E-state index contributed by atoms with van der Waals surface area (Å²) in [6.45, 7) is 6.34. The lowest BCUT2D eigenvalue weighted by Crippen LogP contribution is -2.23. The molecule has 0 aliphatic rings. The third-order valence-electron chi connectivity index (χ3n) is 2.76. The van der Waals surface area contributed by atoms with Gasteiger partial charge in [0, 0.05) is 5.56 Å². The topological polar surface area (TPSA) is 35.5 Å². The van der Waals surface area contributed by atoms with Crippen LogP contribution in [-0.4, -0.2) is 11.9 Å². The van der Waals surface area contributed by atoms with Crippen molar-refractivity contribution in [3.05, 3.63) is 59.7 Å². The average molecular weight is 284 g/mol. The van der Waals surface area contributed by atoms with Gasteiger partial charge in [0.05, 0.1) is 0 Å². The maximum Gasteiger partial charge on any atom is 0.162 e. The van der Waals surface area contributed by atoms with Gasteiger partial charge in [0.15, 0.2) is 11.5 Å². The van der Waals surface area contributed by atoms with Crippen molar-refractivity contribution in [3.63, 3.8) is 0 Å². The molecule has 0 aliphatic heterocycles. The van der Waals surface area contributed by atoms with Gasteiger partial charge in [0.1, 0.15) is 18.5 Å². The molecule has 0 N–H and O–H groups in total. The molecule has 21 heavy (non-hydrogen) atoms. The van der Waals surface area contributed by atoms with E-state index in [2.05, 4.69) is 0 Å². The second-order valence-corrected chi connectivity index (χ2v) is 5.81. The van der Waals surface area contributed by atoms with E-state index in [1.165, 1.54) is 0 Å². The van der Waals surface area contributed by atoms with Gasteiger partial charge in [-0.2, -0.15) is 0 Å².